The first kappa shape index (κ1) is 17.1. The number of rotatable bonds is 6. The fourth-order valence-electron chi connectivity index (χ4n) is 2.58. The van der Waals surface area contributed by atoms with Crippen molar-refractivity contribution in [1.29, 1.82) is 0 Å². The fourth-order valence-corrected chi connectivity index (χ4v) is 4.07. The second-order valence-electron chi connectivity index (χ2n) is 6.66. The zero-order valence-corrected chi connectivity index (χ0v) is 14.9. The Morgan fingerprint density at radius 1 is 0.955 bits per heavy atom. The molecule has 1 atom stereocenters. The highest BCUT2D eigenvalue weighted by atomic mass is 32.2. The first-order valence-electron chi connectivity index (χ1n) is 7.98. The lowest BCUT2D eigenvalue weighted by Crippen LogP contribution is -2.14. The maximum absolute atomic E-state index is 3.29. The molecule has 0 saturated carbocycles. The van der Waals surface area contributed by atoms with Crippen LogP contribution in [0, 0.1) is 0 Å². The van der Waals surface area contributed by atoms with Gasteiger partial charge in [0.15, 0.2) is 0 Å². The van der Waals surface area contributed by atoms with E-state index in [1.165, 1.54) is 16.0 Å². The average molecular weight is 314 g/mol. The van der Waals surface area contributed by atoms with E-state index >= 15 is 0 Å². The van der Waals surface area contributed by atoms with Gasteiger partial charge in [0.05, 0.1) is 0 Å². The number of benzene rings is 2. The van der Waals surface area contributed by atoms with Crippen molar-refractivity contribution in [2.24, 2.45) is 0 Å². The number of hydrogen-bond acceptors (Lipinski definition) is 2. The van der Waals surface area contributed by atoms with E-state index in [1.54, 1.807) is 0 Å². The van der Waals surface area contributed by atoms with E-state index in [1.807, 2.05) is 18.8 Å². The van der Waals surface area contributed by atoms with Crippen LogP contribution in [0.5, 0.6) is 0 Å². The Hall–Kier alpha value is -1.25. The van der Waals surface area contributed by atoms with Crippen molar-refractivity contribution in [3.8, 4) is 0 Å². The van der Waals surface area contributed by atoms with Crippen LogP contribution in [0.25, 0.3) is 0 Å². The van der Waals surface area contributed by atoms with Crippen molar-refractivity contribution in [2.75, 3.05) is 13.6 Å². The third-order valence-electron chi connectivity index (χ3n) is 3.79. The van der Waals surface area contributed by atoms with Crippen LogP contribution in [-0.2, 0) is 5.41 Å². The molecule has 118 valence electrons. The van der Waals surface area contributed by atoms with Gasteiger partial charge >= 0.3 is 0 Å². The predicted molar refractivity (Wildman–Crippen MR) is 98.7 cm³/mol. The van der Waals surface area contributed by atoms with E-state index in [0.717, 1.165) is 13.0 Å². The summed E-state index contributed by atoms with van der Waals surface area (Å²) < 4.78 is 0. The lowest BCUT2D eigenvalue weighted by Gasteiger charge is -2.25. The number of hydrogen-bond donors (Lipinski definition) is 1. The van der Waals surface area contributed by atoms with Crippen molar-refractivity contribution >= 4 is 11.8 Å². The van der Waals surface area contributed by atoms with Crippen LogP contribution >= 0.6 is 11.8 Å². The molecule has 0 spiro atoms. The SMILES string of the molecule is CNCC[C@H](Sc1ccccc1C(C)(C)C)c1ccccc1. The fraction of sp³-hybridized carbons (Fsp3) is 0.400. The molecule has 1 N–H and O–H groups in total. The minimum atomic E-state index is 0.174. The molecule has 0 aromatic heterocycles. The molecule has 0 saturated heterocycles. The maximum Gasteiger partial charge on any atom is 0.0356 e. The molecule has 0 heterocycles. The van der Waals surface area contributed by atoms with Gasteiger partial charge in [-0.25, -0.2) is 0 Å². The van der Waals surface area contributed by atoms with E-state index in [4.69, 9.17) is 0 Å². The van der Waals surface area contributed by atoms with E-state index < -0.39 is 0 Å². The molecule has 0 radical (unpaired) electrons. The highest BCUT2D eigenvalue weighted by Gasteiger charge is 2.20. The van der Waals surface area contributed by atoms with Gasteiger partial charge in [-0.1, -0.05) is 69.3 Å². The van der Waals surface area contributed by atoms with E-state index in [-0.39, 0.29) is 5.41 Å². The van der Waals surface area contributed by atoms with E-state index in [0.29, 0.717) is 5.25 Å². The minimum absolute atomic E-state index is 0.174. The third-order valence-corrected chi connectivity index (χ3v) is 5.19. The second-order valence-corrected chi connectivity index (χ2v) is 7.90. The lowest BCUT2D eigenvalue weighted by molar-refractivity contribution is 0.577. The standard InChI is InChI=1S/C20H27NS/c1-20(2,3)17-12-8-9-13-19(17)22-18(14-15-21-4)16-10-6-5-7-11-16/h5-13,18,21H,14-15H2,1-4H3/t18-/m0/s1. The van der Waals surface area contributed by atoms with Crippen molar-refractivity contribution in [3.63, 3.8) is 0 Å². The summed E-state index contributed by atoms with van der Waals surface area (Å²) in [6.45, 7) is 7.90. The average Bonchev–Trinajstić information content (AvgIpc) is 2.51. The molecule has 0 fully saturated rings. The smallest absolute Gasteiger partial charge is 0.0356 e. The molecule has 0 aliphatic heterocycles. The first-order valence-corrected chi connectivity index (χ1v) is 8.86. The molecule has 22 heavy (non-hydrogen) atoms. The first-order chi connectivity index (χ1) is 10.5. The summed E-state index contributed by atoms with van der Waals surface area (Å²) in [4.78, 5) is 1.40. The molecular weight excluding hydrogens is 286 g/mol. The predicted octanol–water partition coefficient (Wildman–Crippen LogP) is 5.43. The van der Waals surface area contributed by atoms with Gasteiger partial charge in [0.2, 0.25) is 0 Å². The molecule has 2 rings (SSSR count). The van der Waals surface area contributed by atoms with Crippen LogP contribution in [0.1, 0.15) is 43.6 Å². The summed E-state index contributed by atoms with van der Waals surface area (Å²) in [5.41, 5.74) is 3.02. The summed E-state index contributed by atoms with van der Waals surface area (Å²) in [7, 11) is 2.02. The molecule has 2 aromatic carbocycles. The van der Waals surface area contributed by atoms with Crippen molar-refractivity contribution in [1.82, 2.24) is 5.32 Å². The van der Waals surface area contributed by atoms with E-state index in [9.17, 15) is 0 Å². The Balaban J connectivity index is 2.28. The summed E-state index contributed by atoms with van der Waals surface area (Å²) in [5.74, 6) is 0. The molecule has 2 heteroatoms. The van der Waals surface area contributed by atoms with Crippen LogP contribution in [0.2, 0.25) is 0 Å². The molecule has 0 amide bonds. The van der Waals surface area contributed by atoms with Gasteiger partial charge in [0.25, 0.3) is 0 Å². The van der Waals surface area contributed by atoms with Gasteiger partial charge in [0, 0.05) is 10.1 Å². The van der Waals surface area contributed by atoms with E-state index in [2.05, 4.69) is 80.7 Å². The topological polar surface area (TPSA) is 12.0 Å². The van der Waals surface area contributed by atoms with Crippen molar-refractivity contribution in [2.45, 2.75) is 42.8 Å². The van der Waals surface area contributed by atoms with Crippen LogP contribution in [0.3, 0.4) is 0 Å². The summed E-state index contributed by atoms with van der Waals surface area (Å²) >= 11 is 2.00. The normalized spacial score (nSPS) is 13.1. The van der Waals surface area contributed by atoms with Gasteiger partial charge in [-0.2, -0.15) is 0 Å². The maximum atomic E-state index is 3.29. The molecule has 0 unspecified atom stereocenters. The second kappa shape index (κ2) is 7.85. The van der Waals surface area contributed by atoms with Crippen molar-refractivity contribution in [3.05, 3.63) is 65.7 Å². The summed E-state index contributed by atoms with van der Waals surface area (Å²) in [6, 6.07) is 19.7. The van der Waals surface area contributed by atoms with Gasteiger partial charge in [-0.05, 0) is 42.6 Å². The van der Waals surface area contributed by atoms with Gasteiger partial charge in [-0.3, -0.25) is 0 Å². The Morgan fingerprint density at radius 2 is 1.59 bits per heavy atom. The lowest BCUT2D eigenvalue weighted by atomic mass is 9.87. The molecule has 0 bridgehead atoms. The van der Waals surface area contributed by atoms with Crippen molar-refractivity contribution < 1.29 is 0 Å². The molecule has 0 aliphatic carbocycles. The van der Waals surface area contributed by atoms with Gasteiger partial charge < -0.3 is 5.32 Å². The summed E-state index contributed by atoms with van der Waals surface area (Å²) in [5, 5.41) is 3.77. The highest BCUT2D eigenvalue weighted by Crippen LogP contribution is 2.41. The number of thioether (sulfide) groups is 1. The summed E-state index contributed by atoms with van der Waals surface area (Å²) in [6.07, 6.45) is 1.13. The third kappa shape index (κ3) is 4.62. The molecule has 2 aromatic rings. The van der Waals surface area contributed by atoms with Crippen LogP contribution in [0.15, 0.2) is 59.5 Å². The number of nitrogens with one attached hydrogen (secondary N) is 1. The highest BCUT2D eigenvalue weighted by molar-refractivity contribution is 7.99. The molecule has 1 nitrogen and oxygen atoms in total. The van der Waals surface area contributed by atoms with Crippen LogP contribution < -0.4 is 5.32 Å². The van der Waals surface area contributed by atoms with Crippen LogP contribution in [0.4, 0.5) is 0 Å². The van der Waals surface area contributed by atoms with Gasteiger partial charge in [-0.15, -0.1) is 11.8 Å². The quantitative estimate of drug-likeness (QED) is 0.714. The Kier molecular flexibility index (Phi) is 6.10. The van der Waals surface area contributed by atoms with Crippen LogP contribution in [-0.4, -0.2) is 13.6 Å². The molecule has 0 aliphatic rings. The van der Waals surface area contributed by atoms with Gasteiger partial charge in [0.1, 0.15) is 0 Å². The largest absolute Gasteiger partial charge is 0.320 e. The zero-order valence-electron chi connectivity index (χ0n) is 14.1. The molecular formula is C20H27NS. The zero-order chi connectivity index (χ0) is 16.0. The Morgan fingerprint density at radius 3 is 2.23 bits per heavy atom. The Labute approximate surface area is 139 Å². The monoisotopic (exact) mass is 313 g/mol. The Bertz CT molecular complexity index is 572. The minimum Gasteiger partial charge on any atom is -0.320 e.